The molecule has 2 rings (SSSR count). The average molecular weight is 294 g/mol. The Morgan fingerprint density at radius 3 is 2.95 bits per heavy atom. The van der Waals surface area contributed by atoms with E-state index in [1.807, 2.05) is 6.07 Å². The number of nitrogens with one attached hydrogen (secondary N) is 1. The van der Waals surface area contributed by atoms with E-state index in [4.69, 9.17) is 9.52 Å². The lowest BCUT2D eigenvalue weighted by Crippen LogP contribution is -2.24. The maximum atomic E-state index is 11.9. The summed E-state index contributed by atoms with van der Waals surface area (Å²) in [6.45, 7) is 0.874. The van der Waals surface area contributed by atoms with Crippen LogP contribution in [0.2, 0.25) is 0 Å². The van der Waals surface area contributed by atoms with Gasteiger partial charge < -0.3 is 14.8 Å². The fourth-order valence-electron chi connectivity index (χ4n) is 1.77. The van der Waals surface area contributed by atoms with Gasteiger partial charge in [0, 0.05) is 18.5 Å². The summed E-state index contributed by atoms with van der Waals surface area (Å²) in [6.07, 6.45) is 5.33. The van der Waals surface area contributed by atoms with E-state index in [9.17, 15) is 4.79 Å². The fraction of sp³-hybridized carbons (Fsp3) is 0.429. The van der Waals surface area contributed by atoms with E-state index in [2.05, 4.69) is 10.3 Å². The van der Waals surface area contributed by atoms with E-state index in [-0.39, 0.29) is 12.5 Å². The summed E-state index contributed by atoms with van der Waals surface area (Å²) in [7, 11) is 0. The number of rotatable bonds is 8. The van der Waals surface area contributed by atoms with Crippen LogP contribution < -0.4 is 5.32 Å². The van der Waals surface area contributed by atoms with Gasteiger partial charge in [0.25, 0.3) is 5.91 Å². The van der Waals surface area contributed by atoms with Crippen molar-refractivity contribution in [3.05, 3.63) is 29.5 Å². The van der Waals surface area contributed by atoms with E-state index < -0.39 is 0 Å². The molecule has 2 aromatic rings. The van der Waals surface area contributed by atoms with Crippen LogP contribution in [0.4, 0.5) is 0 Å². The second-order valence-electron chi connectivity index (χ2n) is 4.41. The SMILES string of the molecule is O=C(NCCCCCCO)c1csc(-c2ccco2)n1. The molecule has 2 N–H and O–H groups in total. The maximum Gasteiger partial charge on any atom is 0.270 e. The Kier molecular flexibility index (Phi) is 5.76. The van der Waals surface area contributed by atoms with Crippen LogP contribution in [0.25, 0.3) is 10.8 Å². The van der Waals surface area contributed by atoms with Gasteiger partial charge in [-0.05, 0) is 25.0 Å². The van der Waals surface area contributed by atoms with Crippen LogP contribution in [0.15, 0.2) is 28.2 Å². The molecular weight excluding hydrogens is 276 g/mol. The lowest BCUT2D eigenvalue weighted by Gasteiger charge is -2.02. The fourth-order valence-corrected chi connectivity index (χ4v) is 2.54. The Labute approximate surface area is 121 Å². The molecule has 0 saturated carbocycles. The first-order valence-electron chi connectivity index (χ1n) is 6.69. The van der Waals surface area contributed by atoms with Crippen molar-refractivity contribution in [2.75, 3.05) is 13.2 Å². The summed E-state index contributed by atoms with van der Waals surface area (Å²) in [5.41, 5.74) is 0.428. The Hall–Kier alpha value is -1.66. The van der Waals surface area contributed by atoms with Gasteiger partial charge in [-0.3, -0.25) is 4.79 Å². The number of hydrogen-bond donors (Lipinski definition) is 2. The number of furan rings is 1. The van der Waals surface area contributed by atoms with Gasteiger partial charge in [0.1, 0.15) is 5.69 Å². The number of unbranched alkanes of at least 4 members (excludes halogenated alkanes) is 3. The molecule has 6 heteroatoms. The van der Waals surface area contributed by atoms with Crippen LogP contribution in [0, 0.1) is 0 Å². The molecule has 0 bridgehead atoms. The Morgan fingerprint density at radius 1 is 1.35 bits per heavy atom. The highest BCUT2D eigenvalue weighted by Crippen LogP contribution is 2.23. The minimum absolute atomic E-state index is 0.152. The summed E-state index contributed by atoms with van der Waals surface area (Å²) in [4.78, 5) is 16.1. The molecule has 2 heterocycles. The molecule has 5 nitrogen and oxygen atoms in total. The molecule has 108 valence electrons. The second-order valence-corrected chi connectivity index (χ2v) is 5.27. The molecule has 0 aliphatic carbocycles. The predicted octanol–water partition coefficient (Wildman–Crippen LogP) is 2.69. The van der Waals surface area contributed by atoms with Crippen molar-refractivity contribution in [1.82, 2.24) is 10.3 Å². The zero-order valence-electron chi connectivity index (χ0n) is 11.2. The first-order valence-corrected chi connectivity index (χ1v) is 7.57. The topological polar surface area (TPSA) is 75.4 Å². The van der Waals surface area contributed by atoms with Gasteiger partial charge in [0.2, 0.25) is 0 Å². The first-order chi connectivity index (χ1) is 9.81. The molecule has 1 amide bonds. The van der Waals surface area contributed by atoms with Crippen LogP contribution >= 0.6 is 11.3 Å². The predicted molar refractivity (Wildman–Crippen MR) is 77.7 cm³/mol. The van der Waals surface area contributed by atoms with Gasteiger partial charge in [-0.1, -0.05) is 12.8 Å². The lowest BCUT2D eigenvalue weighted by atomic mass is 10.2. The average Bonchev–Trinajstić information content (AvgIpc) is 3.12. The van der Waals surface area contributed by atoms with Gasteiger partial charge in [-0.2, -0.15) is 0 Å². The van der Waals surface area contributed by atoms with Gasteiger partial charge >= 0.3 is 0 Å². The van der Waals surface area contributed by atoms with Crippen molar-refractivity contribution in [3.63, 3.8) is 0 Å². The third-order valence-corrected chi connectivity index (χ3v) is 3.70. The maximum absolute atomic E-state index is 11.9. The standard InChI is InChI=1S/C14H18N2O3S/c17-8-4-2-1-3-7-15-13(18)11-10-20-14(16-11)12-6-5-9-19-12/h5-6,9-10,17H,1-4,7-8H2,(H,15,18). The summed E-state index contributed by atoms with van der Waals surface area (Å²) in [5.74, 6) is 0.527. The third-order valence-electron chi connectivity index (χ3n) is 2.84. The third kappa shape index (κ3) is 4.18. The number of aliphatic hydroxyl groups excluding tert-OH is 1. The zero-order chi connectivity index (χ0) is 14.2. The minimum Gasteiger partial charge on any atom is -0.462 e. The molecule has 0 spiro atoms. The quantitative estimate of drug-likeness (QED) is 0.734. The van der Waals surface area contributed by atoms with Gasteiger partial charge in [-0.25, -0.2) is 4.98 Å². The van der Waals surface area contributed by atoms with Gasteiger partial charge in [0.15, 0.2) is 10.8 Å². The molecule has 0 aliphatic rings. The number of hydrogen-bond acceptors (Lipinski definition) is 5. The van der Waals surface area contributed by atoms with Crippen LogP contribution in [-0.2, 0) is 0 Å². The zero-order valence-corrected chi connectivity index (χ0v) is 12.0. The van der Waals surface area contributed by atoms with Gasteiger partial charge in [-0.15, -0.1) is 11.3 Å². The van der Waals surface area contributed by atoms with Crippen molar-refractivity contribution in [2.45, 2.75) is 25.7 Å². The molecule has 0 aromatic carbocycles. The van der Waals surface area contributed by atoms with Crippen LogP contribution in [0.5, 0.6) is 0 Å². The monoisotopic (exact) mass is 294 g/mol. The normalized spacial score (nSPS) is 10.7. The molecule has 0 radical (unpaired) electrons. The second kappa shape index (κ2) is 7.81. The molecule has 0 saturated heterocycles. The number of carbonyl (C=O) groups is 1. The molecular formula is C14H18N2O3S. The summed E-state index contributed by atoms with van der Waals surface area (Å²) in [5, 5.41) is 13.9. The molecule has 0 atom stereocenters. The van der Waals surface area contributed by atoms with Crippen molar-refractivity contribution >= 4 is 17.2 Å². The number of nitrogens with zero attached hydrogens (tertiary/aromatic N) is 1. The highest BCUT2D eigenvalue weighted by atomic mass is 32.1. The van der Waals surface area contributed by atoms with Crippen molar-refractivity contribution < 1.29 is 14.3 Å². The van der Waals surface area contributed by atoms with Crippen LogP contribution in [-0.4, -0.2) is 29.1 Å². The minimum atomic E-state index is -0.152. The Balaban J connectivity index is 1.76. The number of aliphatic hydroxyl groups is 1. The van der Waals surface area contributed by atoms with Crippen LogP contribution in [0.3, 0.4) is 0 Å². The van der Waals surface area contributed by atoms with Crippen molar-refractivity contribution in [2.24, 2.45) is 0 Å². The Morgan fingerprint density at radius 2 is 2.20 bits per heavy atom. The molecule has 0 unspecified atom stereocenters. The van der Waals surface area contributed by atoms with Crippen molar-refractivity contribution in [3.8, 4) is 10.8 Å². The number of aromatic nitrogens is 1. The van der Waals surface area contributed by atoms with Gasteiger partial charge in [0.05, 0.1) is 6.26 Å². The highest BCUT2D eigenvalue weighted by Gasteiger charge is 2.12. The summed E-state index contributed by atoms with van der Waals surface area (Å²) >= 11 is 1.39. The van der Waals surface area contributed by atoms with Crippen molar-refractivity contribution in [1.29, 1.82) is 0 Å². The van der Waals surface area contributed by atoms with E-state index in [0.29, 0.717) is 23.0 Å². The summed E-state index contributed by atoms with van der Waals surface area (Å²) < 4.78 is 5.24. The lowest BCUT2D eigenvalue weighted by molar-refractivity contribution is 0.0948. The van der Waals surface area contributed by atoms with E-state index in [1.54, 1.807) is 17.7 Å². The molecule has 2 aromatic heterocycles. The number of thiazole rings is 1. The van der Waals surface area contributed by atoms with E-state index in [1.165, 1.54) is 11.3 Å². The number of amides is 1. The first kappa shape index (κ1) is 14.7. The summed E-state index contributed by atoms with van der Waals surface area (Å²) in [6, 6.07) is 3.62. The Bertz CT molecular complexity index is 522. The van der Waals surface area contributed by atoms with E-state index >= 15 is 0 Å². The molecule has 0 fully saturated rings. The number of carbonyl (C=O) groups excluding carboxylic acids is 1. The highest BCUT2D eigenvalue weighted by molar-refractivity contribution is 7.13. The molecule has 0 aliphatic heterocycles. The smallest absolute Gasteiger partial charge is 0.270 e. The van der Waals surface area contributed by atoms with E-state index in [0.717, 1.165) is 25.7 Å². The van der Waals surface area contributed by atoms with Crippen LogP contribution in [0.1, 0.15) is 36.2 Å². The largest absolute Gasteiger partial charge is 0.462 e. The molecule has 20 heavy (non-hydrogen) atoms.